The van der Waals surface area contributed by atoms with Crippen molar-refractivity contribution in [2.75, 3.05) is 13.1 Å². The van der Waals surface area contributed by atoms with Crippen LogP contribution in [-0.2, 0) is 4.79 Å². The number of aryl methyl sites for hydroxylation is 1. The Balaban J connectivity index is 2.80. The summed E-state index contributed by atoms with van der Waals surface area (Å²) in [6.45, 7) is 3.70. The van der Waals surface area contributed by atoms with E-state index in [1.54, 1.807) is 19.1 Å². The molecule has 5 nitrogen and oxygen atoms in total. The van der Waals surface area contributed by atoms with Gasteiger partial charge in [0.1, 0.15) is 0 Å². The highest BCUT2D eigenvalue weighted by Crippen LogP contribution is 2.08. The number of aliphatic carboxylic acids is 1. The van der Waals surface area contributed by atoms with Crippen molar-refractivity contribution in [3.8, 4) is 0 Å². The molecular weight excluding hydrogens is 246 g/mol. The Bertz CT molecular complexity index is 439. The quantitative estimate of drug-likeness (QED) is 0.812. The van der Waals surface area contributed by atoms with Crippen molar-refractivity contribution in [1.82, 2.24) is 4.90 Å². The Kier molecular flexibility index (Phi) is 5.51. The molecule has 0 saturated heterocycles. The topological polar surface area (TPSA) is 77.8 Å². The van der Waals surface area contributed by atoms with Gasteiger partial charge in [-0.3, -0.25) is 9.59 Å². The molecule has 0 aromatic heterocycles. The average Bonchev–Trinajstić information content (AvgIpc) is 2.34. The maximum atomic E-state index is 12.2. The number of rotatable bonds is 6. The fourth-order valence-corrected chi connectivity index (χ4v) is 1.70. The molecule has 104 valence electrons. The highest BCUT2D eigenvalue weighted by atomic mass is 16.4. The van der Waals surface area contributed by atoms with E-state index in [2.05, 4.69) is 0 Å². The minimum atomic E-state index is -0.965. The summed E-state index contributed by atoms with van der Waals surface area (Å²) in [6, 6.07) is 7.05. The number of nitrogens with zero attached hydrogens (tertiary/aromatic N) is 1. The van der Waals surface area contributed by atoms with Gasteiger partial charge in [0.2, 0.25) is 0 Å². The zero-order chi connectivity index (χ0) is 14.4. The lowest BCUT2D eigenvalue weighted by atomic mass is 10.1. The summed E-state index contributed by atoms with van der Waals surface area (Å²) in [5.74, 6) is -1.23. The number of aliphatic hydroxyl groups excluding tert-OH is 1. The monoisotopic (exact) mass is 265 g/mol. The van der Waals surface area contributed by atoms with E-state index in [9.17, 15) is 14.7 Å². The lowest BCUT2D eigenvalue weighted by molar-refractivity contribution is -0.137. The summed E-state index contributed by atoms with van der Waals surface area (Å²) in [6.07, 6.45) is -0.826. The summed E-state index contributed by atoms with van der Waals surface area (Å²) in [7, 11) is 0. The van der Waals surface area contributed by atoms with Crippen LogP contribution < -0.4 is 0 Å². The Morgan fingerprint density at radius 2 is 1.84 bits per heavy atom. The number of benzene rings is 1. The van der Waals surface area contributed by atoms with Crippen LogP contribution in [-0.4, -0.2) is 46.2 Å². The van der Waals surface area contributed by atoms with Crippen molar-refractivity contribution in [3.05, 3.63) is 35.4 Å². The fourth-order valence-electron chi connectivity index (χ4n) is 1.70. The number of carbonyl (C=O) groups excluding carboxylic acids is 1. The van der Waals surface area contributed by atoms with E-state index >= 15 is 0 Å². The predicted octanol–water partition coefficient (Wildman–Crippen LogP) is 1.29. The van der Waals surface area contributed by atoms with Gasteiger partial charge in [0.05, 0.1) is 12.5 Å². The normalized spacial score (nSPS) is 11.9. The molecule has 1 aromatic rings. The molecular formula is C14H19NO4. The number of hydrogen-bond donors (Lipinski definition) is 2. The molecule has 1 atom stereocenters. The molecule has 0 fully saturated rings. The average molecular weight is 265 g/mol. The predicted molar refractivity (Wildman–Crippen MR) is 71.0 cm³/mol. The van der Waals surface area contributed by atoms with E-state index in [4.69, 9.17) is 5.11 Å². The van der Waals surface area contributed by atoms with Gasteiger partial charge in [-0.15, -0.1) is 0 Å². The summed E-state index contributed by atoms with van der Waals surface area (Å²) in [5.41, 5.74) is 1.54. The first kappa shape index (κ1) is 15.2. The van der Waals surface area contributed by atoms with Gasteiger partial charge in [-0.1, -0.05) is 17.7 Å². The minimum absolute atomic E-state index is 0.0902. The van der Waals surface area contributed by atoms with E-state index in [1.807, 2.05) is 19.1 Å². The van der Waals surface area contributed by atoms with Crippen molar-refractivity contribution in [2.24, 2.45) is 0 Å². The van der Waals surface area contributed by atoms with Gasteiger partial charge in [-0.2, -0.15) is 0 Å². The Labute approximate surface area is 112 Å². The smallest absolute Gasteiger partial charge is 0.305 e. The van der Waals surface area contributed by atoms with Crippen LogP contribution in [0, 0.1) is 6.92 Å². The first-order valence-electron chi connectivity index (χ1n) is 6.16. The highest BCUT2D eigenvalue weighted by molar-refractivity contribution is 5.94. The molecule has 2 N–H and O–H groups in total. The van der Waals surface area contributed by atoms with Gasteiger partial charge < -0.3 is 15.1 Å². The third kappa shape index (κ3) is 5.09. The second kappa shape index (κ2) is 6.89. The zero-order valence-electron chi connectivity index (χ0n) is 11.2. The van der Waals surface area contributed by atoms with Crippen molar-refractivity contribution >= 4 is 11.9 Å². The lowest BCUT2D eigenvalue weighted by Crippen LogP contribution is -2.38. The van der Waals surface area contributed by atoms with Gasteiger partial charge in [0, 0.05) is 18.7 Å². The number of aliphatic hydroxyl groups is 1. The van der Waals surface area contributed by atoms with Gasteiger partial charge >= 0.3 is 5.97 Å². The van der Waals surface area contributed by atoms with Gasteiger partial charge in [0.25, 0.3) is 5.91 Å². The molecule has 5 heteroatoms. The van der Waals surface area contributed by atoms with E-state index < -0.39 is 12.1 Å². The largest absolute Gasteiger partial charge is 0.481 e. The molecule has 0 radical (unpaired) electrons. The second-order valence-corrected chi connectivity index (χ2v) is 4.61. The van der Waals surface area contributed by atoms with Crippen LogP contribution in [0.15, 0.2) is 24.3 Å². The van der Waals surface area contributed by atoms with E-state index in [-0.39, 0.29) is 25.4 Å². The van der Waals surface area contributed by atoms with Crippen LogP contribution in [0.3, 0.4) is 0 Å². The molecule has 0 spiro atoms. The van der Waals surface area contributed by atoms with Crippen LogP contribution in [0.1, 0.15) is 29.3 Å². The third-order valence-electron chi connectivity index (χ3n) is 2.67. The molecule has 1 aromatic carbocycles. The molecule has 19 heavy (non-hydrogen) atoms. The lowest BCUT2D eigenvalue weighted by Gasteiger charge is -2.23. The second-order valence-electron chi connectivity index (χ2n) is 4.61. The first-order valence-corrected chi connectivity index (χ1v) is 6.16. The Morgan fingerprint density at radius 1 is 1.26 bits per heavy atom. The number of carbonyl (C=O) groups is 2. The molecule has 0 bridgehead atoms. The molecule has 0 heterocycles. The maximum Gasteiger partial charge on any atom is 0.305 e. The standard InChI is InChI=1S/C14H19NO4/c1-10-3-5-12(6-4-10)14(19)15(9-11(2)16)8-7-13(17)18/h3-6,11,16H,7-9H2,1-2H3,(H,17,18). The summed E-state index contributed by atoms with van der Waals surface area (Å²) >= 11 is 0. The summed E-state index contributed by atoms with van der Waals surface area (Å²) < 4.78 is 0. The summed E-state index contributed by atoms with van der Waals surface area (Å²) in [4.78, 5) is 24.2. The number of hydrogen-bond acceptors (Lipinski definition) is 3. The molecule has 0 aliphatic heterocycles. The van der Waals surface area contributed by atoms with E-state index in [0.717, 1.165) is 5.56 Å². The van der Waals surface area contributed by atoms with Crippen molar-refractivity contribution in [1.29, 1.82) is 0 Å². The van der Waals surface area contributed by atoms with Crippen LogP contribution in [0.4, 0.5) is 0 Å². The van der Waals surface area contributed by atoms with Gasteiger partial charge in [-0.05, 0) is 26.0 Å². The molecule has 1 unspecified atom stereocenters. The summed E-state index contributed by atoms with van der Waals surface area (Å²) in [5, 5.41) is 18.1. The van der Waals surface area contributed by atoms with Crippen molar-refractivity contribution < 1.29 is 19.8 Å². The Hall–Kier alpha value is -1.88. The zero-order valence-corrected chi connectivity index (χ0v) is 11.2. The SMILES string of the molecule is Cc1ccc(C(=O)N(CCC(=O)O)CC(C)O)cc1. The van der Waals surface area contributed by atoms with Crippen LogP contribution in [0.2, 0.25) is 0 Å². The fraction of sp³-hybridized carbons (Fsp3) is 0.429. The number of amides is 1. The van der Waals surface area contributed by atoms with Crippen LogP contribution in [0.25, 0.3) is 0 Å². The number of carboxylic acid groups (broad SMARTS) is 1. The Morgan fingerprint density at radius 3 is 2.32 bits per heavy atom. The number of carboxylic acids is 1. The van der Waals surface area contributed by atoms with E-state index in [0.29, 0.717) is 5.56 Å². The van der Waals surface area contributed by atoms with Crippen LogP contribution >= 0.6 is 0 Å². The highest BCUT2D eigenvalue weighted by Gasteiger charge is 2.18. The van der Waals surface area contributed by atoms with Crippen molar-refractivity contribution in [2.45, 2.75) is 26.4 Å². The molecule has 1 rings (SSSR count). The molecule has 0 aliphatic carbocycles. The van der Waals surface area contributed by atoms with Gasteiger partial charge in [0.15, 0.2) is 0 Å². The van der Waals surface area contributed by atoms with Crippen LogP contribution in [0.5, 0.6) is 0 Å². The third-order valence-corrected chi connectivity index (χ3v) is 2.67. The maximum absolute atomic E-state index is 12.2. The minimum Gasteiger partial charge on any atom is -0.481 e. The molecule has 0 saturated carbocycles. The van der Waals surface area contributed by atoms with Crippen molar-refractivity contribution in [3.63, 3.8) is 0 Å². The molecule has 1 amide bonds. The molecule has 0 aliphatic rings. The van der Waals surface area contributed by atoms with Gasteiger partial charge in [-0.25, -0.2) is 0 Å². The van der Waals surface area contributed by atoms with E-state index in [1.165, 1.54) is 4.90 Å². The first-order chi connectivity index (χ1) is 8.90.